The molecule has 0 radical (unpaired) electrons. The predicted molar refractivity (Wildman–Crippen MR) is 38.9 cm³/mol. The first-order valence-electron chi connectivity index (χ1n) is 3.81. The Kier molecular flexibility index (Phi) is 3.12. The van der Waals surface area contributed by atoms with Gasteiger partial charge in [0.2, 0.25) is 0 Å². The molecular formula is C7H15NO2. The zero-order chi connectivity index (χ0) is 7.40. The fourth-order valence-corrected chi connectivity index (χ4v) is 1.30. The molecule has 0 aliphatic carbocycles. The fourth-order valence-electron chi connectivity index (χ4n) is 1.30. The second kappa shape index (κ2) is 3.91. The van der Waals surface area contributed by atoms with Gasteiger partial charge in [0, 0.05) is 32.2 Å². The number of hydrogen-bond donors (Lipinski definition) is 2. The molecule has 0 bridgehead atoms. The summed E-state index contributed by atoms with van der Waals surface area (Å²) < 4.78 is 5.38. The molecule has 2 N–H and O–H groups in total. The van der Waals surface area contributed by atoms with Crippen LogP contribution in [0.2, 0.25) is 0 Å². The van der Waals surface area contributed by atoms with Crippen molar-refractivity contribution < 1.29 is 9.84 Å². The molecule has 1 rings (SSSR count). The summed E-state index contributed by atoms with van der Waals surface area (Å²) in [5.74, 6) is 0.306. The van der Waals surface area contributed by atoms with Crippen molar-refractivity contribution in [1.29, 1.82) is 0 Å². The molecule has 0 aromatic carbocycles. The van der Waals surface area contributed by atoms with Gasteiger partial charge < -0.3 is 15.2 Å². The molecular weight excluding hydrogens is 130 g/mol. The van der Waals surface area contributed by atoms with Crippen LogP contribution in [0.15, 0.2) is 0 Å². The van der Waals surface area contributed by atoms with Crippen LogP contribution >= 0.6 is 0 Å². The van der Waals surface area contributed by atoms with E-state index in [1.54, 1.807) is 0 Å². The van der Waals surface area contributed by atoms with E-state index in [1.807, 2.05) is 6.92 Å². The zero-order valence-corrected chi connectivity index (χ0v) is 6.34. The molecule has 2 atom stereocenters. The van der Waals surface area contributed by atoms with Crippen LogP contribution in [0.25, 0.3) is 0 Å². The standard InChI is InChI=1S/C7H15NO2/c1-2-10-7-4-8-3-6(7)5-9/h6-9H,2-5H2,1H3/t6-,7+/m0/s1. The van der Waals surface area contributed by atoms with Gasteiger partial charge >= 0.3 is 0 Å². The average molecular weight is 145 g/mol. The van der Waals surface area contributed by atoms with E-state index in [4.69, 9.17) is 9.84 Å². The van der Waals surface area contributed by atoms with Crippen LogP contribution in [0.5, 0.6) is 0 Å². The molecule has 0 spiro atoms. The Morgan fingerprint density at radius 1 is 1.60 bits per heavy atom. The number of ether oxygens (including phenoxy) is 1. The zero-order valence-electron chi connectivity index (χ0n) is 6.34. The number of nitrogens with one attached hydrogen (secondary N) is 1. The lowest BCUT2D eigenvalue weighted by molar-refractivity contribution is 0.0281. The Hall–Kier alpha value is -0.120. The van der Waals surface area contributed by atoms with Gasteiger partial charge in [-0.15, -0.1) is 0 Å². The van der Waals surface area contributed by atoms with E-state index in [0.717, 1.165) is 19.7 Å². The number of aliphatic hydroxyl groups is 1. The summed E-state index contributed by atoms with van der Waals surface area (Å²) in [6, 6.07) is 0. The topological polar surface area (TPSA) is 41.5 Å². The normalized spacial score (nSPS) is 33.0. The smallest absolute Gasteiger partial charge is 0.0761 e. The summed E-state index contributed by atoms with van der Waals surface area (Å²) in [6.07, 6.45) is 0.231. The number of rotatable bonds is 3. The first-order valence-corrected chi connectivity index (χ1v) is 3.81. The molecule has 60 valence electrons. The van der Waals surface area contributed by atoms with Crippen LogP contribution in [0, 0.1) is 5.92 Å². The maximum Gasteiger partial charge on any atom is 0.0761 e. The van der Waals surface area contributed by atoms with Gasteiger partial charge in [0.1, 0.15) is 0 Å². The van der Waals surface area contributed by atoms with Crippen molar-refractivity contribution in [2.45, 2.75) is 13.0 Å². The minimum Gasteiger partial charge on any atom is -0.396 e. The summed E-state index contributed by atoms with van der Waals surface area (Å²) in [4.78, 5) is 0. The van der Waals surface area contributed by atoms with Crippen molar-refractivity contribution in [3.05, 3.63) is 0 Å². The molecule has 1 aliphatic heterocycles. The minimum absolute atomic E-state index is 0.231. The molecule has 3 heteroatoms. The SMILES string of the molecule is CCO[C@@H]1CNC[C@H]1CO. The quantitative estimate of drug-likeness (QED) is 0.568. The lowest BCUT2D eigenvalue weighted by Gasteiger charge is -2.15. The summed E-state index contributed by atoms with van der Waals surface area (Å²) in [6.45, 7) is 4.73. The van der Waals surface area contributed by atoms with E-state index in [9.17, 15) is 0 Å². The van der Waals surface area contributed by atoms with Crippen LogP contribution in [0.3, 0.4) is 0 Å². The molecule has 1 aliphatic rings. The van der Waals surface area contributed by atoms with Crippen LogP contribution in [0.4, 0.5) is 0 Å². The Morgan fingerprint density at radius 2 is 2.40 bits per heavy atom. The van der Waals surface area contributed by atoms with E-state index in [-0.39, 0.29) is 12.7 Å². The third kappa shape index (κ3) is 1.68. The van der Waals surface area contributed by atoms with E-state index in [1.165, 1.54) is 0 Å². The largest absolute Gasteiger partial charge is 0.396 e. The minimum atomic E-state index is 0.231. The van der Waals surface area contributed by atoms with Gasteiger partial charge in [0.25, 0.3) is 0 Å². The molecule has 1 saturated heterocycles. The van der Waals surface area contributed by atoms with Crippen LogP contribution in [-0.2, 0) is 4.74 Å². The predicted octanol–water partition coefficient (Wildman–Crippen LogP) is -0.397. The maximum atomic E-state index is 8.84. The van der Waals surface area contributed by atoms with Crippen molar-refractivity contribution in [3.63, 3.8) is 0 Å². The Labute approximate surface area is 61.4 Å². The van der Waals surface area contributed by atoms with Gasteiger partial charge in [-0.25, -0.2) is 0 Å². The second-order valence-electron chi connectivity index (χ2n) is 2.59. The summed E-state index contributed by atoms with van der Waals surface area (Å²) in [5.41, 5.74) is 0. The lowest BCUT2D eigenvalue weighted by atomic mass is 10.1. The average Bonchev–Trinajstić information content (AvgIpc) is 2.36. The van der Waals surface area contributed by atoms with Crippen molar-refractivity contribution in [2.75, 3.05) is 26.3 Å². The number of aliphatic hydroxyl groups excluding tert-OH is 1. The van der Waals surface area contributed by atoms with Crippen molar-refractivity contribution in [2.24, 2.45) is 5.92 Å². The Bertz CT molecular complexity index is 97.6. The summed E-state index contributed by atoms with van der Waals surface area (Å²) in [5, 5.41) is 12.0. The highest BCUT2D eigenvalue weighted by Gasteiger charge is 2.26. The molecule has 1 fully saturated rings. The molecule has 1 heterocycles. The Morgan fingerprint density at radius 3 is 3.00 bits per heavy atom. The first kappa shape index (κ1) is 7.98. The molecule has 3 nitrogen and oxygen atoms in total. The van der Waals surface area contributed by atoms with Gasteiger partial charge in [-0.1, -0.05) is 0 Å². The highest BCUT2D eigenvalue weighted by molar-refractivity contribution is 4.80. The second-order valence-corrected chi connectivity index (χ2v) is 2.59. The van der Waals surface area contributed by atoms with Gasteiger partial charge in [-0.3, -0.25) is 0 Å². The molecule has 0 aromatic rings. The summed E-state index contributed by atoms with van der Waals surface area (Å²) in [7, 11) is 0. The summed E-state index contributed by atoms with van der Waals surface area (Å²) >= 11 is 0. The van der Waals surface area contributed by atoms with Crippen LogP contribution in [0.1, 0.15) is 6.92 Å². The van der Waals surface area contributed by atoms with Crippen LogP contribution in [-0.4, -0.2) is 37.5 Å². The fraction of sp³-hybridized carbons (Fsp3) is 1.00. The van der Waals surface area contributed by atoms with Gasteiger partial charge in [0.15, 0.2) is 0 Å². The van der Waals surface area contributed by atoms with Gasteiger partial charge in [0.05, 0.1) is 6.10 Å². The third-order valence-corrected chi connectivity index (χ3v) is 1.89. The van der Waals surface area contributed by atoms with Crippen molar-refractivity contribution >= 4 is 0 Å². The van der Waals surface area contributed by atoms with E-state index < -0.39 is 0 Å². The van der Waals surface area contributed by atoms with Crippen molar-refractivity contribution in [1.82, 2.24) is 5.32 Å². The van der Waals surface area contributed by atoms with Crippen LogP contribution < -0.4 is 5.32 Å². The highest BCUT2D eigenvalue weighted by atomic mass is 16.5. The lowest BCUT2D eigenvalue weighted by Crippen LogP contribution is -2.25. The van der Waals surface area contributed by atoms with E-state index in [2.05, 4.69) is 5.32 Å². The van der Waals surface area contributed by atoms with Crippen molar-refractivity contribution in [3.8, 4) is 0 Å². The van der Waals surface area contributed by atoms with Gasteiger partial charge in [-0.2, -0.15) is 0 Å². The molecule has 0 aromatic heterocycles. The molecule has 0 saturated carbocycles. The first-order chi connectivity index (χ1) is 4.88. The molecule has 0 unspecified atom stereocenters. The molecule has 10 heavy (non-hydrogen) atoms. The van der Waals surface area contributed by atoms with E-state index in [0.29, 0.717) is 5.92 Å². The maximum absolute atomic E-state index is 8.84. The van der Waals surface area contributed by atoms with E-state index >= 15 is 0 Å². The third-order valence-electron chi connectivity index (χ3n) is 1.89. The Balaban J connectivity index is 2.27. The molecule has 0 amide bonds. The number of hydrogen-bond acceptors (Lipinski definition) is 3. The highest BCUT2D eigenvalue weighted by Crippen LogP contribution is 2.11. The monoisotopic (exact) mass is 145 g/mol. The van der Waals surface area contributed by atoms with Gasteiger partial charge in [-0.05, 0) is 6.92 Å².